The molecule has 1 fully saturated rings. The van der Waals surface area contributed by atoms with E-state index < -0.39 is 0 Å². The van der Waals surface area contributed by atoms with Crippen LogP contribution in [-0.4, -0.2) is 50.4 Å². The fourth-order valence-corrected chi connectivity index (χ4v) is 3.95. The monoisotopic (exact) mass is 393 g/mol. The molecule has 2 heterocycles. The fraction of sp³-hybridized carbons (Fsp3) is 0.409. The second kappa shape index (κ2) is 8.61. The molecular weight excluding hydrogens is 366 g/mol. The molecule has 0 radical (unpaired) electrons. The van der Waals surface area contributed by atoms with Crippen LogP contribution >= 0.6 is 0 Å². The molecule has 1 aromatic heterocycles. The van der Waals surface area contributed by atoms with Crippen molar-refractivity contribution in [3.8, 4) is 11.5 Å². The smallest absolute Gasteiger partial charge is 0.173 e. The van der Waals surface area contributed by atoms with E-state index in [1.165, 1.54) is 0 Å². The van der Waals surface area contributed by atoms with Crippen LogP contribution in [0.2, 0.25) is 0 Å². The summed E-state index contributed by atoms with van der Waals surface area (Å²) < 4.78 is 7.23. The van der Waals surface area contributed by atoms with Crippen molar-refractivity contribution in [3.05, 3.63) is 65.5 Å². The first-order valence-corrected chi connectivity index (χ1v) is 10.1. The number of methoxy groups -OCH3 is 1. The summed E-state index contributed by atoms with van der Waals surface area (Å²) in [5.41, 5.74) is 2.16. The third kappa shape index (κ3) is 4.24. The molecule has 1 aliphatic heterocycles. The van der Waals surface area contributed by atoms with Crippen LogP contribution < -0.4 is 4.74 Å². The molecule has 0 amide bonds. The molecule has 152 valence electrons. The van der Waals surface area contributed by atoms with Crippen molar-refractivity contribution < 1.29 is 9.84 Å². The Morgan fingerprint density at radius 1 is 1.14 bits per heavy atom. The van der Waals surface area contributed by atoms with Gasteiger partial charge in [-0.15, -0.1) is 5.10 Å². The average molecular weight is 393 g/mol. The van der Waals surface area contributed by atoms with E-state index in [0.29, 0.717) is 12.3 Å². The van der Waals surface area contributed by atoms with Gasteiger partial charge in [0.15, 0.2) is 17.3 Å². The van der Waals surface area contributed by atoms with Crippen molar-refractivity contribution in [2.75, 3.05) is 20.2 Å². The largest absolute Gasteiger partial charge is 0.504 e. The lowest BCUT2D eigenvalue weighted by Gasteiger charge is -2.36. The van der Waals surface area contributed by atoms with E-state index >= 15 is 0 Å². The minimum absolute atomic E-state index is 0.101. The van der Waals surface area contributed by atoms with Gasteiger partial charge in [0.25, 0.3) is 0 Å². The molecule has 1 atom stereocenters. The van der Waals surface area contributed by atoms with Gasteiger partial charge in [0.2, 0.25) is 0 Å². The number of hydrogen-bond acceptors (Lipinski definition) is 6. The lowest BCUT2D eigenvalue weighted by molar-refractivity contribution is 0.150. The summed E-state index contributed by atoms with van der Waals surface area (Å²) in [5, 5.41) is 22.7. The maximum atomic E-state index is 10.1. The zero-order valence-electron chi connectivity index (χ0n) is 16.9. The van der Waals surface area contributed by atoms with Gasteiger partial charge in [0.05, 0.1) is 19.7 Å². The molecule has 4 rings (SSSR count). The van der Waals surface area contributed by atoms with E-state index in [1.807, 2.05) is 35.0 Å². The van der Waals surface area contributed by atoms with Gasteiger partial charge < -0.3 is 9.84 Å². The van der Waals surface area contributed by atoms with Gasteiger partial charge in [-0.25, -0.2) is 4.68 Å². The van der Waals surface area contributed by atoms with Crippen molar-refractivity contribution >= 4 is 0 Å². The first-order chi connectivity index (χ1) is 14.2. The van der Waals surface area contributed by atoms with E-state index in [-0.39, 0.29) is 11.8 Å². The van der Waals surface area contributed by atoms with E-state index in [2.05, 4.69) is 39.5 Å². The van der Waals surface area contributed by atoms with Gasteiger partial charge in [-0.3, -0.25) is 4.90 Å². The Hall–Kier alpha value is -2.93. The number of tetrazole rings is 1. The normalized spacial score (nSPS) is 16.6. The summed E-state index contributed by atoms with van der Waals surface area (Å²) in [6, 6.07) is 15.6. The highest BCUT2D eigenvalue weighted by Gasteiger charge is 2.31. The molecule has 2 aromatic carbocycles. The molecule has 1 unspecified atom stereocenters. The second-order valence-electron chi connectivity index (χ2n) is 7.73. The number of rotatable bonds is 6. The quantitative estimate of drug-likeness (QED) is 0.693. The lowest BCUT2D eigenvalue weighted by Crippen LogP contribution is -2.38. The number of phenols is 1. The molecule has 0 aliphatic carbocycles. The van der Waals surface area contributed by atoms with Crippen LogP contribution in [-0.2, 0) is 6.54 Å². The first kappa shape index (κ1) is 19.4. The summed E-state index contributed by atoms with van der Waals surface area (Å²) in [6.07, 6.45) is 2.29. The molecule has 3 aromatic rings. The Bertz CT molecular complexity index is 935. The molecule has 0 bridgehead atoms. The molecule has 29 heavy (non-hydrogen) atoms. The van der Waals surface area contributed by atoms with Gasteiger partial charge in [0, 0.05) is 0 Å². The molecule has 1 aliphatic rings. The highest BCUT2D eigenvalue weighted by atomic mass is 16.5. The Morgan fingerprint density at radius 2 is 1.90 bits per heavy atom. The standard InChI is InChI=1S/C22H27N5O2/c1-16-10-12-26(13-11-16)21(18-8-9-19(28)20(14-18)29-2)22-23-24-25-27(22)15-17-6-4-3-5-7-17/h3-9,14,16,21,28H,10-13,15H2,1-2H3. The Morgan fingerprint density at radius 3 is 2.62 bits per heavy atom. The van der Waals surface area contributed by atoms with Crippen molar-refractivity contribution in [1.29, 1.82) is 0 Å². The van der Waals surface area contributed by atoms with Gasteiger partial charge in [-0.05, 0) is 65.5 Å². The lowest BCUT2D eigenvalue weighted by atomic mass is 9.95. The van der Waals surface area contributed by atoms with E-state index in [0.717, 1.165) is 48.8 Å². The molecule has 1 saturated heterocycles. The summed E-state index contributed by atoms with van der Waals surface area (Å²) >= 11 is 0. The number of benzene rings is 2. The van der Waals surface area contributed by atoms with Crippen LogP contribution in [0.15, 0.2) is 48.5 Å². The van der Waals surface area contributed by atoms with Crippen molar-refractivity contribution in [1.82, 2.24) is 25.1 Å². The average Bonchev–Trinajstić information content (AvgIpc) is 3.19. The number of piperidine rings is 1. The predicted molar refractivity (Wildman–Crippen MR) is 110 cm³/mol. The molecule has 0 saturated carbocycles. The minimum Gasteiger partial charge on any atom is -0.504 e. The van der Waals surface area contributed by atoms with Crippen LogP contribution in [0.1, 0.15) is 42.8 Å². The number of aromatic hydroxyl groups is 1. The van der Waals surface area contributed by atoms with Gasteiger partial charge in [0.1, 0.15) is 0 Å². The Kier molecular flexibility index (Phi) is 5.76. The summed E-state index contributed by atoms with van der Waals surface area (Å²) in [6.45, 7) is 4.87. The molecule has 7 nitrogen and oxygen atoms in total. The van der Waals surface area contributed by atoms with Crippen LogP contribution in [0.5, 0.6) is 11.5 Å². The van der Waals surface area contributed by atoms with E-state index in [9.17, 15) is 5.11 Å². The van der Waals surface area contributed by atoms with Crippen LogP contribution in [0.25, 0.3) is 0 Å². The highest BCUT2D eigenvalue weighted by molar-refractivity contribution is 5.44. The zero-order valence-corrected chi connectivity index (χ0v) is 16.9. The van der Waals surface area contributed by atoms with Crippen LogP contribution in [0.4, 0.5) is 0 Å². The maximum Gasteiger partial charge on any atom is 0.173 e. The van der Waals surface area contributed by atoms with Crippen molar-refractivity contribution in [2.24, 2.45) is 5.92 Å². The highest BCUT2D eigenvalue weighted by Crippen LogP contribution is 2.35. The molecule has 7 heteroatoms. The third-order valence-corrected chi connectivity index (χ3v) is 5.68. The van der Waals surface area contributed by atoms with Crippen molar-refractivity contribution in [2.45, 2.75) is 32.4 Å². The maximum absolute atomic E-state index is 10.1. The summed E-state index contributed by atoms with van der Waals surface area (Å²) in [4.78, 5) is 2.43. The summed E-state index contributed by atoms with van der Waals surface area (Å²) in [7, 11) is 1.57. The fourth-order valence-electron chi connectivity index (χ4n) is 3.95. The Balaban J connectivity index is 1.72. The number of ether oxygens (including phenoxy) is 1. The SMILES string of the molecule is COc1cc(C(c2nnnn2Cc2ccccc2)N2CCC(C)CC2)ccc1O. The zero-order chi connectivity index (χ0) is 20.2. The number of aromatic nitrogens is 4. The Labute approximate surface area is 170 Å². The molecule has 1 N–H and O–H groups in total. The van der Waals surface area contributed by atoms with E-state index in [1.54, 1.807) is 13.2 Å². The van der Waals surface area contributed by atoms with Crippen LogP contribution in [0, 0.1) is 5.92 Å². The van der Waals surface area contributed by atoms with Crippen LogP contribution in [0.3, 0.4) is 0 Å². The second-order valence-corrected chi connectivity index (χ2v) is 7.73. The number of hydrogen-bond donors (Lipinski definition) is 1. The number of nitrogens with zero attached hydrogens (tertiary/aromatic N) is 5. The predicted octanol–water partition coefficient (Wildman–Crippen LogP) is 3.26. The molecular formula is C22H27N5O2. The first-order valence-electron chi connectivity index (χ1n) is 10.1. The number of phenolic OH excluding ortho intramolecular Hbond substituents is 1. The van der Waals surface area contributed by atoms with Gasteiger partial charge in [-0.2, -0.15) is 0 Å². The third-order valence-electron chi connectivity index (χ3n) is 5.68. The van der Waals surface area contributed by atoms with Gasteiger partial charge in [-0.1, -0.05) is 43.3 Å². The van der Waals surface area contributed by atoms with Gasteiger partial charge >= 0.3 is 0 Å². The summed E-state index contributed by atoms with van der Waals surface area (Å²) in [5.74, 6) is 2.11. The minimum atomic E-state index is -0.101. The topological polar surface area (TPSA) is 76.3 Å². The molecule has 0 spiro atoms. The van der Waals surface area contributed by atoms with Crippen molar-refractivity contribution in [3.63, 3.8) is 0 Å². The van der Waals surface area contributed by atoms with E-state index in [4.69, 9.17) is 4.74 Å². The number of likely N-dealkylation sites (tertiary alicyclic amines) is 1.